The maximum absolute atomic E-state index is 12.3. The average Bonchev–Trinajstić information content (AvgIpc) is 2.95. The van der Waals surface area contributed by atoms with E-state index in [-0.39, 0.29) is 5.91 Å². The molecule has 0 bridgehead atoms. The van der Waals surface area contributed by atoms with Crippen LogP contribution in [0.25, 0.3) is 5.65 Å². The van der Waals surface area contributed by atoms with Gasteiger partial charge in [0.2, 0.25) is 0 Å². The van der Waals surface area contributed by atoms with Crippen LogP contribution in [0.1, 0.15) is 22.6 Å². The Balaban J connectivity index is 1.51. The summed E-state index contributed by atoms with van der Waals surface area (Å²) in [5.74, 6) is 0.709. The first-order chi connectivity index (χ1) is 11.2. The molecule has 118 valence electrons. The van der Waals surface area contributed by atoms with E-state index in [0.717, 1.165) is 22.9 Å². The number of aryl methyl sites for hydroxylation is 1. The molecule has 3 heterocycles. The molecule has 3 aromatic heterocycles. The van der Waals surface area contributed by atoms with Gasteiger partial charge in [-0.1, -0.05) is 6.07 Å². The number of thioether (sulfide) groups is 1. The maximum Gasteiger partial charge on any atom is 0.273 e. The van der Waals surface area contributed by atoms with E-state index in [2.05, 4.69) is 20.3 Å². The standard InChI is InChI=1S/C16H17N5OS/c1-12-11-21-9-8-18-14(15(21)20-12)16(22)19-7-4-10-23-13-5-2-3-6-17-13/h2-3,5-6,8-9,11H,4,7,10H2,1H3,(H,19,22). The molecular formula is C16H17N5OS. The minimum absolute atomic E-state index is 0.191. The monoisotopic (exact) mass is 327 g/mol. The second-order valence-electron chi connectivity index (χ2n) is 5.01. The molecule has 0 radical (unpaired) electrons. The molecule has 0 aliphatic carbocycles. The van der Waals surface area contributed by atoms with Crippen molar-refractivity contribution in [3.63, 3.8) is 0 Å². The quantitative estimate of drug-likeness (QED) is 0.556. The van der Waals surface area contributed by atoms with Gasteiger partial charge in [0.05, 0.1) is 10.7 Å². The molecule has 1 amide bonds. The lowest BCUT2D eigenvalue weighted by Gasteiger charge is -2.05. The second-order valence-corrected chi connectivity index (χ2v) is 6.13. The number of amides is 1. The molecule has 0 saturated heterocycles. The van der Waals surface area contributed by atoms with Gasteiger partial charge >= 0.3 is 0 Å². The Morgan fingerprint density at radius 1 is 1.30 bits per heavy atom. The maximum atomic E-state index is 12.3. The number of hydrogen-bond donors (Lipinski definition) is 1. The summed E-state index contributed by atoms with van der Waals surface area (Å²) < 4.78 is 1.81. The zero-order valence-electron chi connectivity index (χ0n) is 12.8. The molecule has 0 aliphatic rings. The molecule has 0 aliphatic heterocycles. The predicted molar refractivity (Wildman–Crippen MR) is 89.6 cm³/mol. The molecule has 0 fully saturated rings. The fourth-order valence-electron chi connectivity index (χ4n) is 2.17. The van der Waals surface area contributed by atoms with E-state index in [0.29, 0.717) is 17.9 Å². The van der Waals surface area contributed by atoms with Crippen LogP contribution in [-0.4, -0.2) is 37.6 Å². The average molecular weight is 327 g/mol. The molecular weight excluding hydrogens is 310 g/mol. The zero-order valence-corrected chi connectivity index (χ0v) is 13.6. The first-order valence-corrected chi connectivity index (χ1v) is 8.35. The van der Waals surface area contributed by atoms with Crippen molar-refractivity contribution in [2.24, 2.45) is 0 Å². The summed E-state index contributed by atoms with van der Waals surface area (Å²) >= 11 is 1.68. The number of nitrogens with one attached hydrogen (secondary N) is 1. The summed E-state index contributed by atoms with van der Waals surface area (Å²) in [6.45, 7) is 2.49. The van der Waals surface area contributed by atoms with Crippen molar-refractivity contribution in [1.82, 2.24) is 24.7 Å². The number of imidazole rings is 1. The Morgan fingerprint density at radius 2 is 2.22 bits per heavy atom. The van der Waals surface area contributed by atoms with Gasteiger partial charge in [-0.05, 0) is 25.5 Å². The van der Waals surface area contributed by atoms with Crippen molar-refractivity contribution < 1.29 is 4.79 Å². The predicted octanol–water partition coefficient (Wildman–Crippen LogP) is 2.34. The van der Waals surface area contributed by atoms with Crippen LogP contribution in [0.5, 0.6) is 0 Å². The number of aromatic nitrogens is 4. The summed E-state index contributed by atoms with van der Waals surface area (Å²) in [5.41, 5.74) is 1.81. The number of hydrogen-bond acceptors (Lipinski definition) is 5. The van der Waals surface area contributed by atoms with Crippen molar-refractivity contribution in [3.8, 4) is 0 Å². The molecule has 0 saturated carbocycles. The molecule has 0 aromatic carbocycles. The highest BCUT2D eigenvalue weighted by Crippen LogP contribution is 2.14. The number of carbonyl (C=O) groups is 1. The summed E-state index contributed by atoms with van der Waals surface area (Å²) in [4.78, 5) is 25.0. The van der Waals surface area contributed by atoms with E-state index in [4.69, 9.17) is 0 Å². The zero-order chi connectivity index (χ0) is 16.1. The van der Waals surface area contributed by atoms with Crippen LogP contribution in [0.3, 0.4) is 0 Å². The number of nitrogens with zero attached hydrogens (tertiary/aromatic N) is 4. The fourth-order valence-corrected chi connectivity index (χ4v) is 2.98. The summed E-state index contributed by atoms with van der Waals surface area (Å²) in [6.07, 6.45) is 7.92. The number of pyridine rings is 1. The molecule has 3 aromatic rings. The molecule has 0 spiro atoms. The minimum atomic E-state index is -0.191. The van der Waals surface area contributed by atoms with E-state index >= 15 is 0 Å². The van der Waals surface area contributed by atoms with Crippen LogP contribution in [0.15, 0.2) is 48.0 Å². The fraction of sp³-hybridized carbons (Fsp3) is 0.250. The van der Waals surface area contributed by atoms with Crippen molar-refractivity contribution in [1.29, 1.82) is 0 Å². The molecule has 3 rings (SSSR count). The minimum Gasteiger partial charge on any atom is -0.351 e. The SMILES string of the molecule is Cc1cn2ccnc(C(=O)NCCCSc3ccccn3)c2n1. The van der Waals surface area contributed by atoms with Gasteiger partial charge in [0, 0.05) is 37.1 Å². The van der Waals surface area contributed by atoms with E-state index in [1.807, 2.05) is 35.7 Å². The lowest BCUT2D eigenvalue weighted by molar-refractivity contribution is 0.0950. The van der Waals surface area contributed by atoms with Gasteiger partial charge in [0.1, 0.15) is 0 Å². The van der Waals surface area contributed by atoms with Gasteiger partial charge in [0.15, 0.2) is 11.3 Å². The van der Waals surface area contributed by atoms with Crippen molar-refractivity contribution >= 4 is 23.3 Å². The number of carbonyl (C=O) groups excluding carboxylic acids is 1. The Morgan fingerprint density at radius 3 is 3.04 bits per heavy atom. The van der Waals surface area contributed by atoms with Crippen LogP contribution in [-0.2, 0) is 0 Å². The highest BCUT2D eigenvalue weighted by molar-refractivity contribution is 7.99. The Bertz CT molecular complexity index is 803. The van der Waals surface area contributed by atoms with Crippen LogP contribution >= 0.6 is 11.8 Å². The number of fused-ring (bicyclic) bond motifs is 1. The van der Waals surface area contributed by atoms with E-state index in [1.165, 1.54) is 0 Å². The first kappa shape index (κ1) is 15.5. The van der Waals surface area contributed by atoms with Crippen LogP contribution in [0.2, 0.25) is 0 Å². The van der Waals surface area contributed by atoms with Crippen molar-refractivity contribution in [2.75, 3.05) is 12.3 Å². The molecule has 6 nitrogen and oxygen atoms in total. The Kier molecular flexibility index (Phi) is 4.87. The van der Waals surface area contributed by atoms with Gasteiger partial charge in [-0.2, -0.15) is 0 Å². The lowest BCUT2D eigenvalue weighted by atomic mass is 10.3. The topological polar surface area (TPSA) is 72.2 Å². The lowest BCUT2D eigenvalue weighted by Crippen LogP contribution is -2.26. The largest absolute Gasteiger partial charge is 0.351 e. The van der Waals surface area contributed by atoms with E-state index in [1.54, 1.807) is 30.4 Å². The Labute approximate surface area is 138 Å². The van der Waals surface area contributed by atoms with Crippen molar-refractivity contribution in [3.05, 3.63) is 54.4 Å². The van der Waals surface area contributed by atoms with Crippen LogP contribution < -0.4 is 5.32 Å². The molecule has 0 atom stereocenters. The summed E-state index contributed by atoms with van der Waals surface area (Å²) in [5, 5.41) is 3.90. The Hall–Kier alpha value is -2.41. The highest BCUT2D eigenvalue weighted by atomic mass is 32.2. The second kappa shape index (κ2) is 7.23. The molecule has 7 heteroatoms. The van der Waals surface area contributed by atoms with Gasteiger partial charge in [0.25, 0.3) is 5.91 Å². The van der Waals surface area contributed by atoms with E-state index in [9.17, 15) is 4.79 Å². The third-order valence-corrected chi connectivity index (χ3v) is 4.23. The normalized spacial score (nSPS) is 10.8. The number of rotatable bonds is 6. The van der Waals surface area contributed by atoms with E-state index < -0.39 is 0 Å². The third kappa shape index (κ3) is 3.87. The van der Waals surface area contributed by atoms with Gasteiger partial charge in [-0.3, -0.25) is 4.79 Å². The highest BCUT2D eigenvalue weighted by Gasteiger charge is 2.13. The smallest absolute Gasteiger partial charge is 0.273 e. The van der Waals surface area contributed by atoms with Crippen molar-refractivity contribution in [2.45, 2.75) is 18.4 Å². The van der Waals surface area contributed by atoms with Gasteiger partial charge in [-0.15, -0.1) is 11.8 Å². The van der Waals surface area contributed by atoms with Crippen LogP contribution in [0.4, 0.5) is 0 Å². The third-order valence-electron chi connectivity index (χ3n) is 3.20. The van der Waals surface area contributed by atoms with Gasteiger partial charge < -0.3 is 9.72 Å². The first-order valence-electron chi connectivity index (χ1n) is 7.36. The summed E-state index contributed by atoms with van der Waals surface area (Å²) in [7, 11) is 0. The molecule has 0 unspecified atom stereocenters. The van der Waals surface area contributed by atoms with Gasteiger partial charge in [-0.25, -0.2) is 15.0 Å². The molecule has 23 heavy (non-hydrogen) atoms. The summed E-state index contributed by atoms with van der Waals surface area (Å²) in [6, 6.07) is 5.85. The van der Waals surface area contributed by atoms with Crippen LogP contribution in [0, 0.1) is 6.92 Å². The molecule has 1 N–H and O–H groups in total.